The Bertz CT molecular complexity index is 1180. The van der Waals surface area contributed by atoms with Crippen LogP contribution in [0.3, 0.4) is 0 Å². The van der Waals surface area contributed by atoms with E-state index in [1.165, 1.54) is 6.07 Å². The molecule has 0 aliphatic rings. The first kappa shape index (κ1) is 23.4. The van der Waals surface area contributed by atoms with Crippen molar-refractivity contribution >= 4 is 55.1 Å². The van der Waals surface area contributed by atoms with E-state index in [1.54, 1.807) is 18.3 Å². The molecule has 0 aliphatic heterocycles. The van der Waals surface area contributed by atoms with E-state index in [1.807, 2.05) is 31.2 Å². The molecule has 0 atom stereocenters. The first-order valence-corrected chi connectivity index (χ1v) is 10.7. The highest BCUT2D eigenvalue weighted by atomic mass is 79.9. The smallest absolute Gasteiger partial charge is 0.318 e. The third-order valence-electron chi connectivity index (χ3n) is 4.09. The van der Waals surface area contributed by atoms with Crippen molar-refractivity contribution in [1.29, 1.82) is 0 Å². The molecule has 11 heteroatoms. The maximum absolute atomic E-state index is 11.3. The summed E-state index contributed by atoms with van der Waals surface area (Å²) in [6.45, 7) is 2.50. The van der Waals surface area contributed by atoms with E-state index in [0.29, 0.717) is 15.6 Å². The highest BCUT2D eigenvalue weighted by molar-refractivity contribution is 9.11. The molecule has 0 saturated carbocycles. The molecular formula is C21H15Br2N3O6. The van der Waals surface area contributed by atoms with Crippen LogP contribution >= 0.6 is 31.9 Å². The fourth-order valence-electron chi connectivity index (χ4n) is 2.65. The van der Waals surface area contributed by atoms with Crippen LogP contribution in [0.25, 0.3) is 0 Å². The number of ether oxygens (including phenoxy) is 2. The van der Waals surface area contributed by atoms with Gasteiger partial charge in [0, 0.05) is 12.3 Å². The van der Waals surface area contributed by atoms with Gasteiger partial charge in [-0.1, -0.05) is 0 Å². The summed E-state index contributed by atoms with van der Waals surface area (Å²) in [7, 11) is 0. The summed E-state index contributed by atoms with van der Waals surface area (Å²) in [5.74, 6) is 0.914. The molecule has 0 fully saturated rings. The third kappa shape index (κ3) is 5.68. The maximum atomic E-state index is 11.3. The predicted molar refractivity (Wildman–Crippen MR) is 127 cm³/mol. The van der Waals surface area contributed by atoms with Gasteiger partial charge in [0.2, 0.25) is 5.75 Å². The van der Waals surface area contributed by atoms with Gasteiger partial charge in [-0.05, 0) is 86.8 Å². The second kappa shape index (κ2) is 10.3. The lowest BCUT2D eigenvalue weighted by Crippen LogP contribution is -1.97. The number of nitro groups is 2. The molecule has 0 radical (unpaired) electrons. The number of benzene rings is 3. The van der Waals surface area contributed by atoms with Crippen LogP contribution in [-0.4, -0.2) is 22.7 Å². The van der Waals surface area contributed by atoms with E-state index in [-0.39, 0.29) is 11.5 Å². The standard InChI is InChI=1S/C21H15Br2N3O6/c1-2-31-16-6-3-14(4-7-16)24-12-13-9-17(22)21(18(23)10-13)32-20-8-5-15(25(27)28)11-19(20)26(29)30/h3-12H,2H2,1H3. The van der Waals surface area contributed by atoms with E-state index < -0.39 is 21.2 Å². The van der Waals surface area contributed by atoms with Crippen LogP contribution in [0.4, 0.5) is 17.1 Å². The molecule has 3 rings (SSSR count). The lowest BCUT2D eigenvalue weighted by atomic mass is 10.2. The van der Waals surface area contributed by atoms with Crippen molar-refractivity contribution in [3.63, 3.8) is 0 Å². The van der Waals surface area contributed by atoms with E-state index in [4.69, 9.17) is 9.47 Å². The van der Waals surface area contributed by atoms with Crippen molar-refractivity contribution in [2.75, 3.05) is 6.61 Å². The fourth-order valence-corrected chi connectivity index (χ4v) is 4.04. The second-order valence-corrected chi connectivity index (χ2v) is 7.98. The van der Waals surface area contributed by atoms with Gasteiger partial charge >= 0.3 is 5.69 Å². The molecule has 0 saturated heterocycles. The number of rotatable bonds is 8. The van der Waals surface area contributed by atoms with Crippen LogP contribution in [-0.2, 0) is 0 Å². The molecule has 0 heterocycles. The lowest BCUT2D eigenvalue weighted by molar-refractivity contribution is -0.394. The minimum atomic E-state index is -0.734. The topological polar surface area (TPSA) is 117 Å². The molecule has 0 aliphatic carbocycles. The SMILES string of the molecule is CCOc1ccc(N=Cc2cc(Br)c(Oc3ccc([N+](=O)[O-])cc3[N+](=O)[O-])c(Br)c2)cc1. The van der Waals surface area contributed by atoms with Gasteiger partial charge in [0.05, 0.1) is 37.2 Å². The zero-order valence-electron chi connectivity index (χ0n) is 16.5. The van der Waals surface area contributed by atoms with Gasteiger partial charge in [0.1, 0.15) is 5.75 Å². The van der Waals surface area contributed by atoms with E-state index >= 15 is 0 Å². The summed E-state index contributed by atoms with van der Waals surface area (Å²) in [6, 6.07) is 14.0. The Labute approximate surface area is 199 Å². The molecule has 0 bridgehead atoms. The third-order valence-corrected chi connectivity index (χ3v) is 5.27. The Morgan fingerprint density at radius 1 is 0.969 bits per heavy atom. The van der Waals surface area contributed by atoms with Crippen molar-refractivity contribution in [2.45, 2.75) is 6.92 Å². The lowest BCUT2D eigenvalue weighted by Gasteiger charge is -2.11. The number of nitrogens with zero attached hydrogens (tertiary/aromatic N) is 3. The van der Waals surface area contributed by atoms with Crippen LogP contribution < -0.4 is 9.47 Å². The summed E-state index contributed by atoms with van der Waals surface area (Å²) >= 11 is 6.79. The summed E-state index contributed by atoms with van der Waals surface area (Å²) in [5.41, 5.74) is 0.563. The van der Waals surface area contributed by atoms with Gasteiger partial charge in [-0.25, -0.2) is 0 Å². The van der Waals surface area contributed by atoms with Gasteiger partial charge in [-0.2, -0.15) is 0 Å². The van der Waals surface area contributed by atoms with Gasteiger partial charge in [0.15, 0.2) is 5.75 Å². The largest absolute Gasteiger partial charge is 0.494 e. The zero-order valence-corrected chi connectivity index (χ0v) is 19.7. The van der Waals surface area contributed by atoms with Crippen LogP contribution in [0.2, 0.25) is 0 Å². The summed E-state index contributed by atoms with van der Waals surface area (Å²) < 4.78 is 12.1. The molecule has 3 aromatic carbocycles. The molecule has 0 N–H and O–H groups in total. The summed E-state index contributed by atoms with van der Waals surface area (Å²) in [4.78, 5) is 25.2. The maximum Gasteiger partial charge on any atom is 0.318 e. The van der Waals surface area contributed by atoms with Gasteiger partial charge < -0.3 is 9.47 Å². The number of halogens is 2. The van der Waals surface area contributed by atoms with Crippen molar-refractivity contribution < 1.29 is 19.3 Å². The minimum absolute atomic E-state index is 0.127. The van der Waals surface area contributed by atoms with Gasteiger partial charge in [-0.15, -0.1) is 0 Å². The fraction of sp³-hybridized carbons (Fsp3) is 0.0952. The molecule has 3 aromatic rings. The van der Waals surface area contributed by atoms with E-state index in [0.717, 1.165) is 29.1 Å². The number of non-ortho nitro benzene ring substituents is 1. The van der Waals surface area contributed by atoms with Gasteiger partial charge in [-0.3, -0.25) is 25.2 Å². The minimum Gasteiger partial charge on any atom is -0.494 e. The summed E-state index contributed by atoms with van der Waals surface area (Å²) in [5, 5.41) is 22.3. The van der Waals surface area contributed by atoms with Crippen LogP contribution in [0.15, 0.2) is 68.5 Å². The van der Waals surface area contributed by atoms with Gasteiger partial charge in [0.25, 0.3) is 5.69 Å². The predicted octanol–water partition coefficient (Wildman–Crippen LogP) is 6.97. The van der Waals surface area contributed by atoms with Crippen LogP contribution in [0.1, 0.15) is 12.5 Å². The number of hydrogen-bond acceptors (Lipinski definition) is 7. The monoisotopic (exact) mass is 563 g/mol. The van der Waals surface area contributed by atoms with E-state index in [2.05, 4.69) is 36.9 Å². The van der Waals surface area contributed by atoms with Crippen molar-refractivity contribution in [1.82, 2.24) is 0 Å². The first-order valence-electron chi connectivity index (χ1n) is 9.15. The molecule has 32 heavy (non-hydrogen) atoms. The first-order chi connectivity index (χ1) is 15.3. The molecule has 0 amide bonds. The molecular weight excluding hydrogens is 550 g/mol. The number of aliphatic imine (C=N–C) groups is 1. The molecule has 0 spiro atoms. The Morgan fingerprint density at radius 3 is 2.19 bits per heavy atom. The van der Waals surface area contributed by atoms with Crippen LogP contribution in [0.5, 0.6) is 17.2 Å². The molecule has 9 nitrogen and oxygen atoms in total. The molecule has 164 valence electrons. The number of nitro benzene ring substituents is 2. The van der Waals surface area contributed by atoms with Crippen molar-refractivity contribution in [2.24, 2.45) is 4.99 Å². The van der Waals surface area contributed by atoms with Crippen molar-refractivity contribution in [3.05, 3.63) is 89.3 Å². The van der Waals surface area contributed by atoms with Crippen LogP contribution in [0, 0.1) is 20.2 Å². The Kier molecular flexibility index (Phi) is 7.54. The van der Waals surface area contributed by atoms with E-state index in [9.17, 15) is 20.2 Å². The second-order valence-electron chi connectivity index (χ2n) is 6.27. The number of hydrogen-bond donors (Lipinski definition) is 0. The average Bonchev–Trinajstić information content (AvgIpc) is 2.76. The Balaban J connectivity index is 1.85. The summed E-state index contributed by atoms with van der Waals surface area (Å²) in [6.07, 6.45) is 1.66. The Morgan fingerprint density at radius 2 is 1.62 bits per heavy atom. The Hall–Kier alpha value is -3.31. The highest BCUT2D eigenvalue weighted by Crippen LogP contribution is 2.41. The normalized spacial score (nSPS) is 10.8. The van der Waals surface area contributed by atoms with Crippen molar-refractivity contribution in [3.8, 4) is 17.2 Å². The average molecular weight is 565 g/mol. The zero-order chi connectivity index (χ0) is 23.3. The quantitative estimate of drug-likeness (QED) is 0.166. The molecule has 0 unspecified atom stereocenters. The molecule has 0 aromatic heterocycles. The highest BCUT2D eigenvalue weighted by Gasteiger charge is 2.22.